The Morgan fingerprint density at radius 1 is 1.12 bits per heavy atom. The first kappa shape index (κ1) is 14.9. The summed E-state index contributed by atoms with van der Waals surface area (Å²) in [5.41, 5.74) is 2.63. The van der Waals surface area contributed by atoms with Crippen molar-refractivity contribution in [1.82, 2.24) is 0 Å². The average molecular weight is 224 g/mol. The van der Waals surface area contributed by atoms with Gasteiger partial charge in [0.2, 0.25) is 0 Å². The van der Waals surface area contributed by atoms with E-state index in [2.05, 4.69) is 26.8 Å². The van der Waals surface area contributed by atoms with Gasteiger partial charge in [-0.15, -0.1) is 0 Å². The molecular formula is C14H24O2. The van der Waals surface area contributed by atoms with Crippen LogP contribution in [0.2, 0.25) is 0 Å². The van der Waals surface area contributed by atoms with Gasteiger partial charge in [-0.2, -0.15) is 0 Å². The highest BCUT2D eigenvalue weighted by atomic mass is 16.5. The molecule has 2 nitrogen and oxygen atoms in total. The third kappa shape index (κ3) is 9.50. The van der Waals surface area contributed by atoms with Crippen molar-refractivity contribution >= 4 is 5.97 Å². The Kier molecular flexibility index (Phi) is 8.59. The van der Waals surface area contributed by atoms with Crippen molar-refractivity contribution < 1.29 is 9.53 Å². The van der Waals surface area contributed by atoms with Gasteiger partial charge in [-0.3, -0.25) is 4.79 Å². The molecule has 0 atom stereocenters. The first-order valence-corrected chi connectivity index (χ1v) is 6.00. The molecule has 0 bridgehead atoms. The van der Waals surface area contributed by atoms with Crippen molar-refractivity contribution in [2.75, 3.05) is 6.61 Å². The van der Waals surface area contributed by atoms with Gasteiger partial charge in [0.05, 0.1) is 0 Å². The molecular weight excluding hydrogens is 200 g/mol. The van der Waals surface area contributed by atoms with E-state index in [9.17, 15) is 4.79 Å². The largest absolute Gasteiger partial charge is 0.461 e. The van der Waals surface area contributed by atoms with Gasteiger partial charge in [0, 0.05) is 6.42 Å². The van der Waals surface area contributed by atoms with Crippen LogP contribution in [-0.2, 0) is 9.53 Å². The average Bonchev–Trinajstić information content (AvgIpc) is 2.17. The number of hydrogen-bond donors (Lipinski definition) is 0. The maximum absolute atomic E-state index is 11.1. The highest BCUT2D eigenvalue weighted by Crippen LogP contribution is 2.06. The SMILES string of the molecule is CCCC(=O)OCC=C(C)CCC=C(C)C. The molecule has 0 aromatic carbocycles. The lowest BCUT2D eigenvalue weighted by Gasteiger charge is -2.02. The monoisotopic (exact) mass is 224 g/mol. The molecule has 0 amide bonds. The van der Waals surface area contributed by atoms with Crippen LogP contribution in [0.15, 0.2) is 23.3 Å². The lowest BCUT2D eigenvalue weighted by molar-refractivity contribution is -0.142. The van der Waals surface area contributed by atoms with Gasteiger partial charge in [0.15, 0.2) is 0 Å². The normalized spacial score (nSPS) is 11.1. The maximum Gasteiger partial charge on any atom is 0.306 e. The summed E-state index contributed by atoms with van der Waals surface area (Å²) >= 11 is 0. The molecule has 0 aromatic heterocycles. The molecule has 0 aliphatic rings. The van der Waals surface area contributed by atoms with Gasteiger partial charge < -0.3 is 4.74 Å². The molecule has 0 rings (SSSR count). The van der Waals surface area contributed by atoms with E-state index in [1.807, 2.05) is 13.0 Å². The van der Waals surface area contributed by atoms with Crippen LogP contribution in [-0.4, -0.2) is 12.6 Å². The summed E-state index contributed by atoms with van der Waals surface area (Å²) < 4.78 is 5.05. The van der Waals surface area contributed by atoms with Crippen LogP contribution in [0.25, 0.3) is 0 Å². The third-order valence-electron chi connectivity index (χ3n) is 2.22. The Balaban J connectivity index is 3.70. The van der Waals surface area contributed by atoms with E-state index in [1.54, 1.807) is 0 Å². The predicted molar refractivity (Wildman–Crippen MR) is 68.3 cm³/mol. The minimum atomic E-state index is -0.101. The molecule has 0 aromatic rings. The second-order valence-corrected chi connectivity index (χ2v) is 4.30. The minimum absolute atomic E-state index is 0.101. The summed E-state index contributed by atoms with van der Waals surface area (Å²) in [5, 5.41) is 0. The number of ether oxygens (including phenoxy) is 1. The highest BCUT2D eigenvalue weighted by molar-refractivity contribution is 5.69. The number of hydrogen-bond acceptors (Lipinski definition) is 2. The highest BCUT2D eigenvalue weighted by Gasteiger charge is 1.98. The van der Waals surface area contributed by atoms with E-state index in [-0.39, 0.29) is 5.97 Å². The Hall–Kier alpha value is -1.05. The molecule has 0 aliphatic carbocycles. The third-order valence-corrected chi connectivity index (χ3v) is 2.22. The summed E-state index contributed by atoms with van der Waals surface area (Å²) in [6.07, 6.45) is 7.68. The minimum Gasteiger partial charge on any atom is -0.461 e. The topological polar surface area (TPSA) is 26.3 Å². The summed E-state index contributed by atoms with van der Waals surface area (Å²) in [5.74, 6) is -0.101. The van der Waals surface area contributed by atoms with Crippen molar-refractivity contribution in [2.24, 2.45) is 0 Å². The number of esters is 1. The molecule has 0 spiro atoms. The fourth-order valence-corrected chi connectivity index (χ4v) is 1.24. The molecule has 92 valence electrons. The number of carbonyl (C=O) groups is 1. The molecule has 0 radical (unpaired) electrons. The summed E-state index contributed by atoms with van der Waals surface area (Å²) in [6.45, 7) is 8.67. The van der Waals surface area contributed by atoms with Crippen LogP contribution in [0.1, 0.15) is 53.4 Å². The van der Waals surface area contributed by atoms with Crippen LogP contribution in [0.4, 0.5) is 0 Å². The first-order chi connectivity index (χ1) is 7.56. The Morgan fingerprint density at radius 2 is 1.81 bits per heavy atom. The molecule has 0 saturated heterocycles. The fourth-order valence-electron chi connectivity index (χ4n) is 1.24. The van der Waals surface area contributed by atoms with E-state index >= 15 is 0 Å². The maximum atomic E-state index is 11.1. The zero-order valence-electron chi connectivity index (χ0n) is 11.0. The van der Waals surface area contributed by atoms with Gasteiger partial charge >= 0.3 is 5.97 Å². The van der Waals surface area contributed by atoms with Gasteiger partial charge in [0.1, 0.15) is 6.61 Å². The van der Waals surface area contributed by atoms with Crippen molar-refractivity contribution in [3.8, 4) is 0 Å². The summed E-state index contributed by atoms with van der Waals surface area (Å²) in [6, 6.07) is 0. The second kappa shape index (κ2) is 9.20. The molecule has 0 heterocycles. The molecule has 0 saturated carbocycles. The first-order valence-electron chi connectivity index (χ1n) is 6.00. The number of allylic oxidation sites excluding steroid dienone is 3. The molecule has 0 N–H and O–H groups in total. The second-order valence-electron chi connectivity index (χ2n) is 4.30. The zero-order chi connectivity index (χ0) is 12.4. The molecule has 0 unspecified atom stereocenters. The fraction of sp³-hybridized carbons (Fsp3) is 0.643. The summed E-state index contributed by atoms with van der Waals surface area (Å²) in [7, 11) is 0. The lowest BCUT2D eigenvalue weighted by Crippen LogP contribution is -2.03. The van der Waals surface area contributed by atoms with Crippen molar-refractivity contribution in [1.29, 1.82) is 0 Å². The summed E-state index contributed by atoms with van der Waals surface area (Å²) in [4.78, 5) is 11.1. The molecule has 2 heteroatoms. The van der Waals surface area contributed by atoms with Crippen LogP contribution in [0.5, 0.6) is 0 Å². The zero-order valence-corrected chi connectivity index (χ0v) is 11.0. The predicted octanol–water partition coefficient (Wildman–Crippen LogP) is 4.02. The quantitative estimate of drug-likeness (QED) is 0.482. The van der Waals surface area contributed by atoms with Crippen molar-refractivity contribution in [3.63, 3.8) is 0 Å². The van der Waals surface area contributed by atoms with Crippen molar-refractivity contribution in [3.05, 3.63) is 23.3 Å². The van der Waals surface area contributed by atoms with E-state index in [1.165, 1.54) is 11.1 Å². The van der Waals surface area contributed by atoms with Gasteiger partial charge in [-0.1, -0.05) is 24.1 Å². The van der Waals surface area contributed by atoms with Gasteiger partial charge in [-0.05, 0) is 46.1 Å². The van der Waals surface area contributed by atoms with Crippen molar-refractivity contribution in [2.45, 2.75) is 53.4 Å². The number of carbonyl (C=O) groups excluding carboxylic acids is 1. The van der Waals surface area contributed by atoms with E-state index < -0.39 is 0 Å². The Bertz CT molecular complexity index is 258. The Morgan fingerprint density at radius 3 is 2.38 bits per heavy atom. The van der Waals surface area contributed by atoms with E-state index in [4.69, 9.17) is 4.74 Å². The van der Waals surface area contributed by atoms with E-state index in [0.29, 0.717) is 13.0 Å². The molecule has 0 aliphatic heterocycles. The van der Waals surface area contributed by atoms with Gasteiger partial charge in [-0.25, -0.2) is 0 Å². The lowest BCUT2D eigenvalue weighted by atomic mass is 10.1. The van der Waals surface area contributed by atoms with E-state index in [0.717, 1.165) is 19.3 Å². The standard InChI is InChI=1S/C14H24O2/c1-5-7-14(15)16-11-10-13(4)9-6-8-12(2)3/h8,10H,5-7,9,11H2,1-4H3. The smallest absolute Gasteiger partial charge is 0.306 e. The van der Waals surface area contributed by atoms with Crippen LogP contribution in [0, 0.1) is 0 Å². The van der Waals surface area contributed by atoms with Crippen LogP contribution in [0.3, 0.4) is 0 Å². The number of rotatable bonds is 7. The van der Waals surface area contributed by atoms with Crippen LogP contribution < -0.4 is 0 Å². The van der Waals surface area contributed by atoms with Crippen LogP contribution >= 0.6 is 0 Å². The molecule has 16 heavy (non-hydrogen) atoms. The van der Waals surface area contributed by atoms with Gasteiger partial charge in [0.25, 0.3) is 0 Å². The molecule has 0 fully saturated rings. The Labute approximate surface area is 99.4 Å².